The third-order valence-electron chi connectivity index (χ3n) is 3.01. The molecule has 2 aromatic rings. The molecule has 2 aromatic carbocycles. The third-order valence-corrected chi connectivity index (χ3v) is 3.27. The summed E-state index contributed by atoms with van der Waals surface area (Å²) in [5.74, 6) is 4.03. The van der Waals surface area contributed by atoms with Gasteiger partial charge in [0.25, 0.3) is 0 Å². The molecule has 0 bridgehead atoms. The smallest absolute Gasteiger partial charge is 0.271 e. The fraction of sp³-hybridized carbons (Fsp3) is 0.143. The molecule has 1 atom stereocenters. The second-order valence-corrected chi connectivity index (χ2v) is 4.79. The summed E-state index contributed by atoms with van der Waals surface area (Å²) >= 11 is 5.75. The predicted octanol–water partition coefficient (Wildman–Crippen LogP) is 4.05. The lowest BCUT2D eigenvalue weighted by molar-refractivity contribution is -0.140. The molecule has 0 aliphatic rings. The zero-order chi connectivity index (χ0) is 15.6. The molecule has 112 valence electrons. The van der Waals surface area contributed by atoms with Crippen molar-refractivity contribution >= 4 is 11.6 Å². The largest absolute Gasteiger partial charge is 0.419 e. The second kappa shape index (κ2) is 6.01. The minimum atomic E-state index is -4.76. The van der Waals surface area contributed by atoms with Gasteiger partial charge in [-0.15, -0.1) is 0 Å². The fourth-order valence-electron chi connectivity index (χ4n) is 2.01. The van der Waals surface area contributed by atoms with Gasteiger partial charge in [0.2, 0.25) is 0 Å². The first-order valence-corrected chi connectivity index (χ1v) is 6.29. The zero-order valence-corrected chi connectivity index (χ0v) is 11.3. The number of alkyl halides is 3. The molecule has 0 heterocycles. The molecule has 0 aliphatic heterocycles. The Labute approximate surface area is 123 Å². The highest BCUT2D eigenvalue weighted by atomic mass is 35.5. The molecule has 0 spiro atoms. The number of benzene rings is 2. The number of nitrogens with two attached hydrogens (primary N) is 1. The minimum Gasteiger partial charge on any atom is -0.271 e. The van der Waals surface area contributed by atoms with Crippen molar-refractivity contribution in [2.75, 3.05) is 0 Å². The molecule has 7 heteroatoms. The van der Waals surface area contributed by atoms with Gasteiger partial charge < -0.3 is 0 Å². The number of hydrazine groups is 1. The van der Waals surface area contributed by atoms with Gasteiger partial charge in [-0.25, -0.2) is 9.82 Å². The van der Waals surface area contributed by atoms with E-state index in [1.807, 2.05) is 0 Å². The molecule has 1 unspecified atom stereocenters. The Kier molecular flexibility index (Phi) is 4.51. The monoisotopic (exact) mass is 318 g/mol. The van der Waals surface area contributed by atoms with Gasteiger partial charge in [-0.05, 0) is 23.8 Å². The van der Waals surface area contributed by atoms with E-state index >= 15 is 0 Å². The van der Waals surface area contributed by atoms with Crippen molar-refractivity contribution in [2.24, 2.45) is 5.84 Å². The van der Waals surface area contributed by atoms with Crippen LogP contribution in [-0.2, 0) is 6.18 Å². The Balaban J connectivity index is 2.51. The van der Waals surface area contributed by atoms with Crippen LogP contribution in [0.15, 0.2) is 42.5 Å². The quantitative estimate of drug-likeness (QED) is 0.509. The zero-order valence-electron chi connectivity index (χ0n) is 10.6. The Morgan fingerprint density at radius 2 is 1.67 bits per heavy atom. The van der Waals surface area contributed by atoms with Crippen LogP contribution in [0.4, 0.5) is 17.6 Å². The van der Waals surface area contributed by atoms with Crippen molar-refractivity contribution in [1.82, 2.24) is 5.43 Å². The summed E-state index contributed by atoms with van der Waals surface area (Å²) in [5, 5.41) is 0.457. The molecule has 0 fully saturated rings. The molecule has 2 nitrogen and oxygen atoms in total. The summed E-state index contributed by atoms with van der Waals surface area (Å²) < 4.78 is 52.4. The van der Waals surface area contributed by atoms with Gasteiger partial charge in [0, 0.05) is 10.6 Å². The molecule has 3 N–H and O–H groups in total. The second-order valence-electron chi connectivity index (χ2n) is 4.36. The summed E-state index contributed by atoms with van der Waals surface area (Å²) in [7, 11) is 0. The van der Waals surface area contributed by atoms with E-state index in [0.717, 1.165) is 6.07 Å². The van der Waals surface area contributed by atoms with Crippen LogP contribution in [0.3, 0.4) is 0 Å². The summed E-state index contributed by atoms with van der Waals surface area (Å²) in [6.45, 7) is 0. The molecular weight excluding hydrogens is 308 g/mol. The molecule has 21 heavy (non-hydrogen) atoms. The predicted molar refractivity (Wildman–Crippen MR) is 72.0 cm³/mol. The van der Waals surface area contributed by atoms with Gasteiger partial charge in [0.05, 0.1) is 11.6 Å². The Morgan fingerprint density at radius 3 is 2.19 bits per heavy atom. The first-order valence-electron chi connectivity index (χ1n) is 5.91. The third kappa shape index (κ3) is 3.34. The topological polar surface area (TPSA) is 38.0 Å². The van der Waals surface area contributed by atoms with Crippen LogP contribution < -0.4 is 11.3 Å². The van der Waals surface area contributed by atoms with Crippen LogP contribution in [-0.4, -0.2) is 0 Å². The lowest BCUT2D eigenvalue weighted by atomic mass is 9.97. The van der Waals surface area contributed by atoms with Gasteiger partial charge in [0.15, 0.2) is 0 Å². The highest BCUT2D eigenvalue weighted by molar-refractivity contribution is 6.30. The number of hydrogen-bond acceptors (Lipinski definition) is 2. The molecule has 0 saturated carbocycles. The van der Waals surface area contributed by atoms with Crippen molar-refractivity contribution < 1.29 is 17.6 Å². The van der Waals surface area contributed by atoms with Crippen LogP contribution in [0.5, 0.6) is 0 Å². The highest BCUT2D eigenvalue weighted by Crippen LogP contribution is 2.35. The number of hydrogen-bond donors (Lipinski definition) is 2. The summed E-state index contributed by atoms with van der Waals surface area (Å²) in [6, 6.07) is 8.39. The molecule has 0 aliphatic carbocycles. The van der Waals surface area contributed by atoms with Crippen LogP contribution in [0.25, 0.3) is 0 Å². The lowest BCUT2D eigenvalue weighted by Crippen LogP contribution is -2.30. The van der Waals surface area contributed by atoms with Crippen LogP contribution in [0, 0.1) is 5.82 Å². The lowest BCUT2D eigenvalue weighted by Gasteiger charge is -2.19. The summed E-state index contributed by atoms with van der Waals surface area (Å²) in [4.78, 5) is 0. The Morgan fingerprint density at radius 1 is 1.05 bits per heavy atom. The molecular formula is C14H11ClF4N2. The Bertz CT molecular complexity index is 626. The van der Waals surface area contributed by atoms with E-state index in [4.69, 9.17) is 17.4 Å². The minimum absolute atomic E-state index is 0.186. The van der Waals surface area contributed by atoms with E-state index in [0.29, 0.717) is 16.7 Å². The van der Waals surface area contributed by atoms with Crippen molar-refractivity contribution in [1.29, 1.82) is 0 Å². The van der Waals surface area contributed by atoms with Gasteiger partial charge >= 0.3 is 6.18 Å². The highest BCUT2D eigenvalue weighted by Gasteiger charge is 2.35. The summed E-state index contributed by atoms with van der Waals surface area (Å²) in [6.07, 6.45) is -4.76. The van der Waals surface area contributed by atoms with Gasteiger partial charge in [-0.2, -0.15) is 13.2 Å². The van der Waals surface area contributed by atoms with Crippen LogP contribution in [0.1, 0.15) is 22.7 Å². The number of nitrogens with one attached hydrogen (secondary N) is 1. The van der Waals surface area contributed by atoms with E-state index in [1.54, 1.807) is 24.3 Å². The molecule has 2 rings (SSSR count). The standard InChI is InChI=1S/C14H11ClF4N2/c15-9-6-4-8(5-7-9)13(21-20)10-2-1-3-11(12(10)16)14(17,18)19/h1-7,13,21H,20H2. The van der Waals surface area contributed by atoms with E-state index in [2.05, 4.69) is 5.43 Å². The first kappa shape index (κ1) is 15.8. The first-order chi connectivity index (χ1) is 9.84. The van der Waals surface area contributed by atoms with E-state index in [-0.39, 0.29) is 5.56 Å². The molecule has 0 saturated heterocycles. The number of rotatable bonds is 3. The maximum Gasteiger partial charge on any atom is 0.419 e. The van der Waals surface area contributed by atoms with Crippen molar-refractivity contribution in [3.63, 3.8) is 0 Å². The normalized spacial score (nSPS) is 13.2. The molecule has 0 radical (unpaired) electrons. The van der Waals surface area contributed by atoms with Crippen LogP contribution in [0.2, 0.25) is 5.02 Å². The molecule has 0 amide bonds. The van der Waals surface area contributed by atoms with Crippen LogP contribution >= 0.6 is 11.6 Å². The van der Waals surface area contributed by atoms with Gasteiger partial charge in [-0.1, -0.05) is 35.9 Å². The number of halogens is 5. The SMILES string of the molecule is NNC(c1ccc(Cl)cc1)c1cccc(C(F)(F)F)c1F. The van der Waals surface area contributed by atoms with E-state index < -0.39 is 23.6 Å². The fourth-order valence-corrected chi connectivity index (χ4v) is 2.14. The average Bonchev–Trinajstić information content (AvgIpc) is 2.42. The van der Waals surface area contributed by atoms with Gasteiger partial charge in [-0.3, -0.25) is 5.84 Å². The van der Waals surface area contributed by atoms with Crippen molar-refractivity contribution in [3.8, 4) is 0 Å². The maximum absolute atomic E-state index is 14.1. The van der Waals surface area contributed by atoms with E-state index in [1.165, 1.54) is 6.07 Å². The van der Waals surface area contributed by atoms with Gasteiger partial charge in [0.1, 0.15) is 5.82 Å². The maximum atomic E-state index is 14.1. The van der Waals surface area contributed by atoms with Crippen molar-refractivity contribution in [2.45, 2.75) is 12.2 Å². The van der Waals surface area contributed by atoms with Crippen molar-refractivity contribution in [3.05, 3.63) is 70.0 Å². The molecule has 0 aromatic heterocycles. The Hall–Kier alpha value is -1.63. The van der Waals surface area contributed by atoms with E-state index in [9.17, 15) is 17.6 Å². The summed E-state index contributed by atoms with van der Waals surface area (Å²) in [5.41, 5.74) is 1.31. The average molecular weight is 319 g/mol.